The molecule has 2 N–H and O–H groups in total. The van der Waals surface area contributed by atoms with Gasteiger partial charge >= 0.3 is 0 Å². The van der Waals surface area contributed by atoms with Crippen LogP contribution < -0.4 is 5.73 Å². The molecule has 0 aliphatic rings. The number of carbonyl (C=O) groups excluding carboxylic acids is 1. The van der Waals surface area contributed by atoms with Crippen LogP contribution in [0.25, 0.3) is 10.1 Å². The highest BCUT2D eigenvalue weighted by molar-refractivity contribution is 7.17. The molecule has 17 heavy (non-hydrogen) atoms. The van der Waals surface area contributed by atoms with Gasteiger partial charge in [-0.15, -0.1) is 11.3 Å². The van der Waals surface area contributed by atoms with Gasteiger partial charge in [-0.05, 0) is 29.3 Å². The van der Waals surface area contributed by atoms with Crippen molar-refractivity contribution >= 4 is 27.2 Å². The van der Waals surface area contributed by atoms with Crippen LogP contribution in [-0.2, 0) is 0 Å². The highest BCUT2D eigenvalue weighted by Gasteiger charge is 2.14. The summed E-state index contributed by atoms with van der Waals surface area (Å²) in [6.45, 7) is 2.09. The van der Waals surface area contributed by atoms with Gasteiger partial charge in [-0.25, -0.2) is 0 Å². The zero-order valence-corrected chi connectivity index (χ0v) is 10.8. The van der Waals surface area contributed by atoms with E-state index in [0.29, 0.717) is 6.42 Å². The van der Waals surface area contributed by atoms with Crippen LogP contribution in [0.2, 0.25) is 0 Å². The lowest BCUT2D eigenvalue weighted by Gasteiger charge is -2.09. The molecule has 0 spiro atoms. The number of Topliss-reactive ketones (excluding diaryl/α,β-unsaturated/α-hetero) is 1. The van der Waals surface area contributed by atoms with Crippen LogP contribution in [0.4, 0.5) is 0 Å². The largest absolute Gasteiger partial charge is 0.327 e. The molecular formula is C14H17NOS. The highest BCUT2D eigenvalue weighted by Crippen LogP contribution is 2.25. The standard InChI is InChI=1S/C14H17NOS/c1-2-4-11(15)9-13(16)12-6-3-5-10-7-8-17-14(10)12/h3,5-8,11H,2,4,9,15H2,1H3. The third kappa shape index (κ3) is 2.73. The normalized spacial score (nSPS) is 12.8. The first-order valence-electron chi connectivity index (χ1n) is 5.97. The van der Waals surface area contributed by atoms with Crippen LogP contribution in [0.1, 0.15) is 36.5 Å². The van der Waals surface area contributed by atoms with Gasteiger partial charge < -0.3 is 5.73 Å². The Hall–Kier alpha value is -1.19. The number of fused-ring (bicyclic) bond motifs is 1. The van der Waals surface area contributed by atoms with Gasteiger partial charge in [0.2, 0.25) is 0 Å². The van der Waals surface area contributed by atoms with E-state index in [0.717, 1.165) is 28.5 Å². The molecule has 2 nitrogen and oxygen atoms in total. The van der Waals surface area contributed by atoms with Crippen LogP contribution in [-0.4, -0.2) is 11.8 Å². The molecule has 2 aromatic rings. The molecule has 0 radical (unpaired) electrons. The van der Waals surface area contributed by atoms with E-state index in [2.05, 4.69) is 6.92 Å². The minimum Gasteiger partial charge on any atom is -0.327 e. The van der Waals surface area contributed by atoms with Crippen molar-refractivity contribution in [2.24, 2.45) is 5.73 Å². The van der Waals surface area contributed by atoms with Crippen molar-refractivity contribution in [3.05, 3.63) is 35.2 Å². The topological polar surface area (TPSA) is 43.1 Å². The summed E-state index contributed by atoms with van der Waals surface area (Å²) in [6.07, 6.45) is 2.38. The van der Waals surface area contributed by atoms with Crippen molar-refractivity contribution in [2.75, 3.05) is 0 Å². The quantitative estimate of drug-likeness (QED) is 0.820. The van der Waals surface area contributed by atoms with Gasteiger partial charge in [0.05, 0.1) is 0 Å². The minimum atomic E-state index is -0.0114. The molecule has 90 valence electrons. The number of nitrogens with two attached hydrogens (primary N) is 1. The zero-order valence-electron chi connectivity index (χ0n) is 9.98. The summed E-state index contributed by atoms with van der Waals surface area (Å²) >= 11 is 1.62. The monoisotopic (exact) mass is 247 g/mol. The van der Waals surface area contributed by atoms with Gasteiger partial charge in [0.1, 0.15) is 0 Å². The Bertz CT molecular complexity index is 518. The van der Waals surface area contributed by atoms with Crippen LogP contribution in [0.5, 0.6) is 0 Å². The molecule has 1 aromatic heterocycles. The number of rotatable bonds is 5. The average molecular weight is 247 g/mol. The fraction of sp³-hybridized carbons (Fsp3) is 0.357. The minimum absolute atomic E-state index is 0.0114. The molecule has 0 aliphatic heterocycles. The van der Waals surface area contributed by atoms with Crippen molar-refractivity contribution in [2.45, 2.75) is 32.2 Å². The van der Waals surface area contributed by atoms with Crippen molar-refractivity contribution in [3.8, 4) is 0 Å². The molecule has 2 rings (SSSR count). The lowest BCUT2D eigenvalue weighted by Crippen LogP contribution is -2.23. The fourth-order valence-electron chi connectivity index (χ4n) is 2.03. The number of ketones is 1. The maximum absolute atomic E-state index is 12.2. The molecule has 0 amide bonds. The molecule has 0 aliphatic carbocycles. The molecule has 3 heteroatoms. The zero-order chi connectivity index (χ0) is 12.3. The van der Waals surface area contributed by atoms with E-state index in [-0.39, 0.29) is 11.8 Å². The molecule has 0 bridgehead atoms. The Kier molecular flexibility index (Phi) is 3.92. The summed E-state index contributed by atoms with van der Waals surface area (Å²) in [6, 6.07) is 7.91. The molecule has 0 fully saturated rings. The average Bonchev–Trinajstić information content (AvgIpc) is 2.76. The van der Waals surface area contributed by atoms with Crippen LogP contribution in [0, 0.1) is 0 Å². The Balaban J connectivity index is 2.21. The van der Waals surface area contributed by atoms with Gasteiger partial charge in [0.15, 0.2) is 5.78 Å². The molecule has 1 unspecified atom stereocenters. The lowest BCUT2D eigenvalue weighted by molar-refractivity contribution is 0.0975. The lowest BCUT2D eigenvalue weighted by atomic mass is 10.0. The van der Waals surface area contributed by atoms with E-state index in [1.54, 1.807) is 11.3 Å². The Labute approximate surface area is 105 Å². The van der Waals surface area contributed by atoms with E-state index < -0.39 is 0 Å². The Morgan fingerprint density at radius 3 is 3.00 bits per heavy atom. The number of hydrogen-bond donors (Lipinski definition) is 1. The van der Waals surface area contributed by atoms with Crippen LogP contribution >= 0.6 is 11.3 Å². The summed E-state index contributed by atoms with van der Waals surface area (Å²) < 4.78 is 1.08. The second-order valence-corrected chi connectivity index (χ2v) is 5.24. The Morgan fingerprint density at radius 1 is 1.41 bits per heavy atom. The molecular weight excluding hydrogens is 230 g/mol. The smallest absolute Gasteiger partial charge is 0.165 e. The maximum Gasteiger partial charge on any atom is 0.165 e. The highest BCUT2D eigenvalue weighted by atomic mass is 32.1. The third-order valence-corrected chi connectivity index (χ3v) is 3.85. The van der Waals surface area contributed by atoms with Crippen molar-refractivity contribution in [1.29, 1.82) is 0 Å². The summed E-state index contributed by atoms with van der Waals surface area (Å²) in [4.78, 5) is 12.2. The first-order valence-corrected chi connectivity index (χ1v) is 6.85. The van der Waals surface area contributed by atoms with E-state index in [1.807, 2.05) is 29.6 Å². The van der Waals surface area contributed by atoms with Gasteiger partial charge in [-0.3, -0.25) is 4.79 Å². The van der Waals surface area contributed by atoms with Crippen molar-refractivity contribution in [3.63, 3.8) is 0 Å². The Morgan fingerprint density at radius 2 is 2.24 bits per heavy atom. The SMILES string of the molecule is CCCC(N)CC(=O)c1cccc2ccsc12. The predicted octanol–water partition coefficient (Wildman–Crippen LogP) is 3.60. The van der Waals surface area contributed by atoms with Gasteiger partial charge in [-0.2, -0.15) is 0 Å². The van der Waals surface area contributed by atoms with Crippen LogP contribution in [0.15, 0.2) is 29.6 Å². The summed E-state index contributed by atoms with van der Waals surface area (Å²) in [5.41, 5.74) is 6.75. The first-order chi connectivity index (χ1) is 8.22. The van der Waals surface area contributed by atoms with Gasteiger partial charge in [0.25, 0.3) is 0 Å². The predicted molar refractivity (Wildman–Crippen MR) is 73.7 cm³/mol. The molecule has 1 heterocycles. The van der Waals surface area contributed by atoms with Crippen molar-refractivity contribution in [1.82, 2.24) is 0 Å². The molecule has 0 saturated heterocycles. The van der Waals surface area contributed by atoms with Crippen LogP contribution in [0.3, 0.4) is 0 Å². The number of hydrogen-bond acceptors (Lipinski definition) is 3. The number of thiophene rings is 1. The van der Waals surface area contributed by atoms with E-state index in [9.17, 15) is 4.79 Å². The van der Waals surface area contributed by atoms with E-state index in [1.165, 1.54) is 0 Å². The van der Waals surface area contributed by atoms with Crippen molar-refractivity contribution < 1.29 is 4.79 Å². The number of benzene rings is 1. The second-order valence-electron chi connectivity index (χ2n) is 4.32. The maximum atomic E-state index is 12.2. The summed E-state index contributed by atoms with van der Waals surface area (Å²) in [5, 5.41) is 3.16. The van der Waals surface area contributed by atoms with Gasteiger partial charge in [-0.1, -0.05) is 25.5 Å². The van der Waals surface area contributed by atoms with Gasteiger partial charge in [0, 0.05) is 22.7 Å². The summed E-state index contributed by atoms with van der Waals surface area (Å²) in [7, 11) is 0. The molecule has 1 aromatic carbocycles. The van der Waals surface area contributed by atoms with E-state index >= 15 is 0 Å². The number of carbonyl (C=O) groups is 1. The molecule has 1 atom stereocenters. The fourth-order valence-corrected chi connectivity index (χ4v) is 2.97. The molecule has 0 saturated carbocycles. The van der Waals surface area contributed by atoms with E-state index in [4.69, 9.17) is 5.73 Å². The first kappa shape index (κ1) is 12.3. The summed E-state index contributed by atoms with van der Waals surface area (Å²) in [5.74, 6) is 0.166. The second kappa shape index (κ2) is 5.43. The third-order valence-electron chi connectivity index (χ3n) is 2.89.